The van der Waals surface area contributed by atoms with Gasteiger partial charge in [0.2, 0.25) is 0 Å². The van der Waals surface area contributed by atoms with Gasteiger partial charge in [-0.2, -0.15) is 14.9 Å². The lowest BCUT2D eigenvalue weighted by molar-refractivity contribution is 0.925. The van der Waals surface area contributed by atoms with Crippen LogP contribution in [0, 0.1) is 11.3 Å². The van der Waals surface area contributed by atoms with E-state index >= 15 is 0 Å². The molecule has 3 heterocycles. The van der Waals surface area contributed by atoms with E-state index in [1.54, 1.807) is 16.8 Å². The van der Waals surface area contributed by atoms with Crippen molar-refractivity contribution in [2.75, 3.05) is 5.32 Å². The number of hydrogen-bond donors (Lipinski definition) is 1. The third kappa shape index (κ3) is 3.08. The molecule has 0 amide bonds. The zero-order valence-electron chi connectivity index (χ0n) is 13.6. The van der Waals surface area contributed by atoms with Crippen LogP contribution in [0.4, 0.5) is 5.82 Å². The van der Waals surface area contributed by atoms with Gasteiger partial charge in [-0.05, 0) is 17.7 Å². The highest BCUT2D eigenvalue weighted by Gasteiger charge is 2.10. The van der Waals surface area contributed by atoms with Crippen molar-refractivity contribution < 1.29 is 0 Å². The molecule has 0 bridgehead atoms. The number of anilines is 1. The molecule has 4 aromatic rings. The van der Waals surface area contributed by atoms with Gasteiger partial charge in [-0.1, -0.05) is 41.9 Å². The first-order valence-electron chi connectivity index (χ1n) is 7.93. The molecule has 0 aliphatic heterocycles. The van der Waals surface area contributed by atoms with E-state index in [-0.39, 0.29) is 0 Å². The summed E-state index contributed by atoms with van der Waals surface area (Å²) in [6.45, 7) is 0.583. The van der Waals surface area contributed by atoms with Gasteiger partial charge in [-0.15, -0.1) is 0 Å². The number of benzene rings is 1. The molecule has 0 unspecified atom stereocenters. The fraction of sp³-hybridized carbons (Fsp3) is 0.0526. The molecular formula is C19H13ClN6. The predicted molar refractivity (Wildman–Crippen MR) is 99.7 cm³/mol. The number of nitrogens with zero attached hydrogens (tertiary/aromatic N) is 5. The molecule has 6 nitrogen and oxygen atoms in total. The van der Waals surface area contributed by atoms with Crippen molar-refractivity contribution in [3.05, 3.63) is 77.2 Å². The minimum atomic E-state index is 0.308. The van der Waals surface area contributed by atoms with Gasteiger partial charge in [0.05, 0.1) is 11.9 Å². The predicted octanol–water partition coefficient (Wildman–Crippen LogP) is 3.93. The summed E-state index contributed by atoms with van der Waals surface area (Å²) < 4.78 is 1.58. The number of nitriles is 1. The summed E-state index contributed by atoms with van der Waals surface area (Å²) >= 11 is 6.07. The first-order valence-corrected chi connectivity index (χ1v) is 8.31. The van der Waals surface area contributed by atoms with Crippen molar-refractivity contribution in [1.82, 2.24) is 19.6 Å². The Morgan fingerprint density at radius 2 is 2.00 bits per heavy atom. The number of hydrogen-bond acceptors (Lipinski definition) is 5. The number of rotatable bonds is 4. The highest BCUT2D eigenvalue weighted by molar-refractivity contribution is 6.29. The third-order valence-electron chi connectivity index (χ3n) is 3.95. The Kier molecular flexibility index (Phi) is 4.22. The molecule has 0 saturated carbocycles. The van der Waals surface area contributed by atoms with Crippen LogP contribution >= 0.6 is 11.6 Å². The lowest BCUT2D eigenvalue weighted by Gasteiger charge is -2.09. The molecule has 1 aromatic carbocycles. The van der Waals surface area contributed by atoms with E-state index in [1.807, 2.05) is 42.5 Å². The van der Waals surface area contributed by atoms with Gasteiger partial charge in [-0.3, -0.25) is 4.98 Å². The highest BCUT2D eigenvalue weighted by atomic mass is 35.5. The Balaban J connectivity index is 1.55. The van der Waals surface area contributed by atoms with Gasteiger partial charge in [0.15, 0.2) is 5.65 Å². The lowest BCUT2D eigenvalue weighted by atomic mass is 10.1. The molecule has 126 valence electrons. The summed E-state index contributed by atoms with van der Waals surface area (Å²) in [6, 6.07) is 17.8. The molecule has 26 heavy (non-hydrogen) atoms. The van der Waals surface area contributed by atoms with Crippen LogP contribution in [0.2, 0.25) is 5.15 Å². The van der Waals surface area contributed by atoms with Crippen LogP contribution in [0.5, 0.6) is 0 Å². The molecule has 0 saturated heterocycles. The van der Waals surface area contributed by atoms with E-state index in [2.05, 4.69) is 26.5 Å². The van der Waals surface area contributed by atoms with Crippen molar-refractivity contribution in [2.45, 2.75) is 6.54 Å². The quantitative estimate of drug-likeness (QED) is 0.558. The van der Waals surface area contributed by atoms with Gasteiger partial charge in [-0.25, -0.2) is 4.98 Å². The molecule has 0 spiro atoms. The Bertz CT molecular complexity index is 1100. The Hall–Kier alpha value is -3.43. The number of nitrogens with one attached hydrogen (secondary N) is 1. The second-order valence-electron chi connectivity index (χ2n) is 5.64. The third-order valence-corrected chi connectivity index (χ3v) is 4.14. The average molecular weight is 361 g/mol. The maximum atomic E-state index is 9.12. The molecule has 0 aliphatic rings. The van der Waals surface area contributed by atoms with E-state index in [0.717, 1.165) is 16.8 Å². The van der Waals surface area contributed by atoms with E-state index in [4.69, 9.17) is 16.9 Å². The second kappa shape index (κ2) is 6.82. The molecule has 1 N–H and O–H groups in total. The molecule has 7 heteroatoms. The smallest absolute Gasteiger partial charge is 0.176 e. The van der Waals surface area contributed by atoms with E-state index in [9.17, 15) is 0 Å². The Labute approximate surface area is 154 Å². The van der Waals surface area contributed by atoms with Gasteiger partial charge in [0, 0.05) is 24.4 Å². The van der Waals surface area contributed by atoms with Crippen molar-refractivity contribution in [3.8, 4) is 17.3 Å². The van der Waals surface area contributed by atoms with Gasteiger partial charge >= 0.3 is 0 Å². The molecule has 0 atom stereocenters. The molecule has 0 radical (unpaired) electrons. The monoisotopic (exact) mass is 360 g/mol. The van der Waals surface area contributed by atoms with Crippen LogP contribution in [0.1, 0.15) is 11.1 Å². The number of pyridine rings is 1. The average Bonchev–Trinajstić information content (AvgIpc) is 3.10. The van der Waals surface area contributed by atoms with Gasteiger partial charge in [0.25, 0.3) is 0 Å². The van der Waals surface area contributed by atoms with Crippen LogP contribution in [-0.4, -0.2) is 19.6 Å². The largest absolute Gasteiger partial charge is 0.366 e. The summed E-state index contributed by atoms with van der Waals surface area (Å²) in [4.78, 5) is 8.52. The van der Waals surface area contributed by atoms with E-state index in [1.165, 1.54) is 6.20 Å². The summed E-state index contributed by atoms with van der Waals surface area (Å²) in [5.74, 6) is 0.676. The Morgan fingerprint density at radius 3 is 2.73 bits per heavy atom. The topological polar surface area (TPSA) is 78.9 Å². The fourth-order valence-electron chi connectivity index (χ4n) is 2.66. The summed E-state index contributed by atoms with van der Waals surface area (Å²) in [5.41, 5.74) is 3.92. The van der Waals surface area contributed by atoms with Crippen LogP contribution in [0.15, 0.2) is 60.9 Å². The number of fused-ring (bicyclic) bond motifs is 1. The van der Waals surface area contributed by atoms with Crippen LogP contribution in [0.25, 0.3) is 16.9 Å². The van der Waals surface area contributed by atoms with Crippen LogP contribution in [-0.2, 0) is 6.54 Å². The Morgan fingerprint density at radius 1 is 1.15 bits per heavy atom. The van der Waals surface area contributed by atoms with Crippen molar-refractivity contribution in [2.24, 2.45) is 0 Å². The fourth-order valence-corrected chi connectivity index (χ4v) is 2.84. The molecular weight excluding hydrogens is 348 g/mol. The molecule has 0 fully saturated rings. The van der Waals surface area contributed by atoms with Crippen molar-refractivity contribution in [1.29, 1.82) is 5.26 Å². The van der Waals surface area contributed by atoms with Crippen molar-refractivity contribution >= 4 is 23.1 Å². The maximum absolute atomic E-state index is 9.12. The highest BCUT2D eigenvalue weighted by Crippen LogP contribution is 2.20. The summed E-state index contributed by atoms with van der Waals surface area (Å²) in [5, 5.41) is 16.9. The van der Waals surface area contributed by atoms with E-state index in [0.29, 0.717) is 28.7 Å². The zero-order chi connectivity index (χ0) is 17.9. The normalized spacial score (nSPS) is 10.6. The number of halogens is 1. The zero-order valence-corrected chi connectivity index (χ0v) is 14.4. The van der Waals surface area contributed by atoms with Gasteiger partial charge < -0.3 is 5.32 Å². The van der Waals surface area contributed by atoms with Crippen molar-refractivity contribution in [3.63, 3.8) is 0 Å². The SMILES string of the molecule is N#Cc1cnn2c(NCc3ccc(-c4ccccn4)cc3)cc(Cl)nc12. The maximum Gasteiger partial charge on any atom is 0.176 e. The van der Waals surface area contributed by atoms with Crippen LogP contribution in [0.3, 0.4) is 0 Å². The lowest BCUT2D eigenvalue weighted by Crippen LogP contribution is -2.06. The van der Waals surface area contributed by atoms with Crippen LogP contribution < -0.4 is 5.32 Å². The minimum absolute atomic E-state index is 0.308. The first kappa shape index (κ1) is 16.1. The minimum Gasteiger partial charge on any atom is -0.366 e. The molecule has 4 rings (SSSR count). The first-order chi connectivity index (χ1) is 12.7. The summed E-state index contributed by atoms with van der Waals surface area (Å²) in [6.07, 6.45) is 3.26. The standard InChI is InChI=1S/C19H13ClN6/c20-17-9-18(26-19(25-17)15(10-21)12-24-26)23-11-13-4-6-14(7-5-13)16-3-1-2-8-22-16/h1-9,12,23H,11H2. The molecule has 0 aliphatic carbocycles. The number of aromatic nitrogens is 4. The summed E-state index contributed by atoms with van der Waals surface area (Å²) in [7, 11) is 0. The van der Waals surface area contributed by atoms with Gasteiger partial charge in [0.1, 0.15) is 22.6 Å². The molecule has 3 aromatic heterocycles. The second-order valence-corrected chi connectivity index (χ2v) is 6.02. The van der Waals surface area contributed by atoms with E-state index < -0.39 is 0 Å².